The van der Waals surface area contributed by atoms with Crippen LogP contribution < -0.4 is 5.32 Å². The Morgan fingerprint density at radius 2 is 1.07 bits per heavy atom. The third kappa shape index (κ3) is 18.9. The molecule has 252 valence electrons. The highest BCUT2D eigenvalue weighted by Crippen LogP contribution is 2.21. The van der Waals surface area contributed by atoms with Gasteiger partial charge in [0, 0.05) is 6.42 Å². The minimum absolute atomic E-state index is 0.0934. The van der Waals surface area contributed by atoms with Gasteiger partial charge in [0.15, 0.2) is 0 Å². The molecule has 0 aliphatic carbocycles. The summed E-state index contributed by atoms with van der Waals surface area (Å²) < 4.78 is 13.0. The molecule has 3 unspecified atom stereocenters. The number of unbranched alkanes of at least 4 members (excludes halogenated alkanes) is 15. The average Bonchev–Trinajstić information content (AvgIpc) is 3.07. The summed E-state index contributed by atoms with van der Waals surface area (Å²) in [7, 11) is 0. The maximum atomic E-state index is 12.9. The molecule has 0 aliphatic rings. The van der Waals surface area contributed by atoms with Crippen LogP contribution in [0.25, 0.3) is 0 Å². The largest absolute Gasteiger partial charge is 0.371 e. The second-order valence-corrected chi connectivity index (χ2v) is 12.7. The minimum Gasteiger partial charge on any atom is -0.371 e. The number of amides is 1. The van der Waals surface area contributed by atoms with Gasteiger partial charge in [0.1, 0.15) is 18.4 Å². The number of benzene rings is 2. The van der Waals surface area contributed by atoms with E-state index >= 15 is 0 Å². The SMILES string of the molecule is CCCCCCCCCCCCCCC(OCc1ccccc1)C(OCc1ccccc1)C(C=O)NC(=O)CCCCCCC. The van der Waals surface area contributed by atoms with Crippen molar-refractivity contribution < 1.29 is 19.1 Å². The lowest BCUT2D eigenvalue weighted by Crippen LogP contribution is -2.51. The van der Waals surface area contributed by atoms with Crippen LogP contribution in [-0.4, -0.2) is 30.4 Å². The third-order valence-electron chi connectivity index (χ3n) is 8.64. The van der Waals surface area contributed by atoms with Gasteiger partial charge < -0.3 is 19.6 Å². The first-order valence-corrected chi connectivity index (χ1v) is 18.2. The minimum atomic E-state index is -0.769. The van der Waals surface area contributed by atoms with Crippen LogP contribution >= 0.6 is 0 Å². The lowest BCUT2D eigenvalue weighted by atomic mass is 9.98. The van der Waals surface area contributed by atoms with E-state index in [-0.39, 0.29) is 12.0 Å². The molecule has 2 rings (SSSR count). The zero-order chi connectivity index (χ0) is 32.2. The fourth-order valence-corrected chi connectivity index (χ4v) is 5.86. The van der Waals surface area contributed by atoms with E-state index in [4.69, 9.17) is 9.47 Å². The Morgan fingerprint density at radius 1 is 0.622 bits per heavy atom. The molecule has 45 heavy (non-hydrogen) atoms. The van der Waals surface area contributed by atoms with Gasteiger partial charge in [0.25, 0.3) is 0 Å². The van der Waals surface area contributed by atoms with Crippen LogP contribution in [0.4, 0.5) is 0 Å². The maximum Gasteiger partial charge on any atom is 0.220 e. The summed E-state index contributed by atoms with van der Waals surface area (Å²) in [5.41, 5.74) is 2.11. The van der Waals surface area contributed by atoms with Crippen molar-refractivity contribution in [3.05, 3.63) is 71.8 Å². The van der Waals surface area contributed by atoms with Gasteiger partial charge in [-0.2, -0.15) is 0 Å². The molecule has 0 radical (unpaired) electrons. The predicted octanol–water partition coefficient (Wildman–Crippen LogP) is 10.3. The molecule has 5 heteroatoms. The standard InChI is InChI=1S/C40H63NO4/c1-3-5-7-9-10-11-12-13-14-15-17-24-30-38(44-33-35-26-20-18-21-27-35)40(45-34-36-28-22-19-23-29-36)37(32-42)41-39(43)31-25-16-8-6-4-2/h18-23,26-29,32,37-38,40H,3-17,24-25,30-31,33-34H2,1-2H3,(H,41,43). The summed E-state index contributed by atoms with van der Waals surface area (Å²) in [5.74, 6) is -0.0934. The molecule has 1 N–H and O–H groups in total. The van der Waals surface area contributed by atoms with Crippen molar-refractivity contribution in [2.75, 3.05) is 0 Å². The number of carbonyl (C=O) groups is 2. The van der Waals surface area contributed by atoms with Gasteiger partial charge in [0.2, 0.25) is 5.91 Å². The first-order valence-electron chi connectivity index (χ1n) is 18.2. The normalized spacial score (nSPS) is 13.3. The number of nitrogens with one attached hydrogen (secondary N) is 1. The molecule has 5 nitrogen and oxygen atoms in total. The molecular weight excluding hydrogens is 558 g/mol. The number of hydrogen-bond acceptors (Lipinski definition) is 4. The monoisotopic (exact) mass is 621 g/mol. The predicted molar refractivity (Wildman–Crippen MR) is 187 cm³/mol. The Hall–Kier alpha value is -2.50. The van der Waals surface area contributed by atoms with Crippen molar-refractivity contribution in [1.82, 2.24) is 5.32 Å². The van der Waals surface area contributed by atoms with Crippen LogP contribution in [0.1, 0.15) is 147 Å². The summed E-state index contributed by atoms with van der Waals surface area (Å²) in [6.45, 7) is 5.24. The van der Waals surface area contributed by atoms with E-state index in [0.717, 1.165) is 55.9 Å². The molecule has 0 heterocycles. The number of hydrogen-bond donors (Lipinski definition) is 1. The number of aldehydes is 1. The fourth-order valence-electron chi connectivity index (χ4n) is 5.86. The summed E-state index contributed by atoms with van der Waals surface area (Å²) in [4.78, 5) is 25.4. The maximum absolute atomic E-state index is 12.9. The number of ether oxygens (including phenoxy) is 2. The molecule has 0 fully saturated rings. The van der Waals surface area contributed by atoms with Crippen molar-refractivity contribution in [3.8, 4) is 0 Å². The van der Waals surface area contributed by atoms with Crippen LogP contribution in [0.2, 0.25) is 0 Å². The van der Waals surface area contributed by atoms with Gasteiger partial charge in [-0.1, -0.05) is 177 Å². The molecule has 0 aromatic heterocycles. The van der Waals surface area contributed by atoms with Crippen molar-refractivity contribution in [2.24, 2.45) is 0 Å². The average molecular weight is 622 g/mol. The van der Waals surface area contributed by atoms with Gasteiger partial charge >= 0.3 is 0 Å². The van der Waals surface area contributed by atoms with Gasteiger partial charge in [-0.05, 0) is 24.0 Å². The van der Waals surface area contributed by atoms with E-state index in [1.54, 1.807) is 0 Å². The molecule has 0 bridgehead atoms. The Balaban J connectivity index is 2.00. The van der Waals surface area contributed by atoms with E-state index in [0.29, 0.717) is 19.6 Å². The lowest BCUT2D eigenvalue weighted by Gasteiger charge is -2.32. The first kappa shape index (κ1) is 38.7. The topological polar surface area (TPSA) is 64.6 Å². The smallest absolute Gasteiger partial charge is 0.220 e. The first-order chi connectivity index (χ1) is 22.2. The Kier molecular flexibility index (Phi) is 22.9. The third-order valence-corrected chi connectivity index (χ3v) is 8.64. The molecule has 0 saturated heterocycles. The van der Waals surface area contributed by atoms with E-state index < -0.39 is 12.1 Å². The van der Waals surface area contributed by atoms with Crippen LogP contribution in [-0.2, 0) is 32.3 Å². The van der Waals surface area contributed by atoms with Crippen LogP contribution in [0.15, 0.2) is 60.7 Å². The Morgan fingerprint density at radius 3 is 1.56 bits per heavy atom. The second kappa shape index (κ2) is 26.7. The Bertz CT molecular complexity index is 967. The van der Waals surface area contributed by atoms with E-state index in [1.807, 2.05) is 48.5 Å². The van der Waals surface area contributed by atoms with Gasteiger partial charge in [-0.3, -0.25) is 4.79 Å². The summed E-state index contributed by atoms with van der Waals surface area (Å²) in [5, 5.41) is 3.01. The van der Waals surface area contributed by atoms with Crippen LogP contribution in [0.3, 0.4) is 0 Å². The molecule has 2 aromatic rings. The highest BCUT2D eigenvalue weighted by molar-refractivity contribution is 5.79. The van der Waals surface area contributed by atoms with Crippen LogP contribution in [0, 0.1) is 0 Å². The van der Waals surface area contributed by atoms with Gasteiger partial charge in [-0.15, -0.1) is 0 Å². The van der Waals surface area contributed by atoms with E-state index in [2.05, 4.69) is 31.3 Å². The van der Waals surface area contributed by atoms with E-state index in [9.17, 15) is 9.59 Å². The molecule has 3 atom stereocenters. The zero-order valence-electron chi connectivity index (χ0n) is 28.6. The van der Waals surface area contributed by atoms with Crippen molar-refractivity contribution in [2.45, 2.75) is 167 Å². The summed E-state index contributed by atoms with van der Waals surface area (Å²) >= 11 is 0. The molecule has 0 spiro atoms. The highest BCUT2D eigenvalue weighted by Gasteiger charge is 2.32. The van der Waals surface area contributed by atoms with E-state index in [1.165, 1.54) is 77.0 Å². The summed E-state index contributed by atoms with van der Waals surface area (Å²) in [6, 6.07) is 19.4. The summed E-state index contributed by atoms with van der Waals surface area (Å²) in [6.07, 6.45) is 21.9. The van der Waals surface area contributed by atoms with Crippen molar-refractivity contribution in [1.29, 1.82) is 0 Å². The van der Waals surface area contributed by atoms with Crippen molar-refractivity contribution >= 4 is 12.2 Å². The molecule has 2 aromatic carbocycles. The zero-order valence-corrected chi connectivity index (χ0v) is 28.6. The molecule has 1 amide bonds. The second-order valence-electron chi connectivity index (χ2n) is 12.7. The quantitative estimate of drug-likeness (QED) is 0.0725. The highest BCUT2D eigenvalue weighted by atomic mass is 16.5. The molecule has 0 aliphatic heterocycles. The van der Waals surface area contributed by atoms with Crippen LogP contribution in [0.5, 0.6) is 0 Å². The number of carbonyl (C=O) groups excluding carboxylic acids is 2. The van der Waals surface area contributed by atoms with Crippen molar-refractivity contribution in [3.63, 3.8) is 0 Å². The molecular formula is C40H63NO4. The number of rotatable bonds is 29. The van der Waals surface area contributed by atoms with Gasteiger partial charge in [0.05, 0.1) is 19.3 Å². The Labute approximate surface area is 275 Å². The lowest BCUT2D eigenvalue weighted by molar-refractivity contribution is -0.135. The fraction of sp³-hybridized carbons (Fsp3) is 0.650. The van der Waals surface area contributed by atoms with Gasteiger partial charge in [-0.25, -0.2) is 0 Å². The molecule has 0 saturated carbocycles.